The summed E-state index contributed by atoms with van der Waals surface area (Å²) in [5.41, 5.74) is 1.05. The van der Waals surface area contributed by atoms with Crippen molar-refractivity contribution >= 4 is 11.7 Å². The number of anilines is 1. The smallest absolute Gasteiger partial charge is 0.354 e. The number of rotatable bonds is 5. The molecule has 0 aromatic carbocycles. The molecule has 1 heterocycles. The number of pyridine rings is 1. The lowest BCUT2D eigenvalue weighted by molar-refractivity contribution is 0.0690. The predicted octanol–water partition coefficient (Wildman–Crippen LogP) is 2.38. The molecule has 2 aliphatic carbocycles. The summed E-state index contributed by atoms with van der Waals surface area (Å²) in [5, 5.41) is 12.3. The van der Waals surface area contributed by atoms with Gasteiger partial charge in [-0.15, -0.1) is 0 Å². The maximum absolute atomic E-state index is 10.7. The number of aromatic nitrogens is 1. The maximum atomic E-state index is 10.7. The molecule has 2 aliphatic rings. The van der Waals surface area contributed by atoms with Crippen molar-refractivity contribution in [2.75, 3.05) is 5.32 Å². The first-order chi connectivity index (χ1) is 8.24. The molecule has 1 aromatic rings. The molecule has 0 saturated heterocycles. The van der Waals surface area contributed by atoms with Crippen LogP contribution in [-0.2, 0) is 0 Å². The average Bonchev–Trinajstić information content (AvgIpc) is 3.17. The third-order valence-electron chi connectivity index (χ3n) is 3.58. The van der Waals surface area contributed by atoms with Crippen LogP contribution < -0.4 is 5.32 Å². The van der Waals surface area contributed by atoms with Crippen LogP contribution in [0.2, 0.25) is 0 Å². The summed E-state index contributed by atoms with van der Waals surface area (Å²) in [6.45, 7) is 0. The molecule has 90 valence electrons. The zero-order valence-corrected chi connectivity index (χ0v) is 9.60. The minimum absolute atomic E-state index is 0.102. The highest BCUT2D eigenvalue weighted by atomic mass is 16.4. The summed E-state index contributed by atoms with van der Waals surface area (Å²) in [4.78, 5) is 14.6. The summed E-state index contributed by atoms with van der Waals surface area (Å²) in [6, 6.07) is 3.95. The highest BCUT2D eigenvalue weighted by molar-refractivity contribution is 5.85. The highest BCUT2D eigenvalue weighted by Gasteiger charge is 2.41. The quantitative estimate of drug-likeness (QED) is 0.818. The molecule has 0 bridgehead atoms. The van der Waals surface area contributed by atoms with Crippen LogP contribution in [0.3, 0.4) is 0 Å². The Morgan fingerprint density at radius 2 is 1.94 bits per heavy atom. The van der Waals surface area contributed by atoms with Crippen LogP contribution >= 0.6 is 0 Å². The second-order valence-corrected chi connectivity index (χ2v) is 5.08. The van der Waals surface area contributed by atoms with Crippen molar-refractivity contribution in [1.29, 1.82) is 0 Å². The van der Waals surface area contributed by atoms with Gasteiger partial charge >= 0.3 is 5.97 Å². The minimum atomic E-state index is -0.975. The molecule has 4 nitrogen and oxygen atoms in total. The normalized spacial score (nSPS) is 19.4. The van der Waals surface area contributed by atoms with Gasteiger partial charge in [0.05, 0.1) is 11.9 Å². The fourth-order valence-electron chi connectivity index (χ4n) is 2.33. The molecule has 2 N–H and O–H groups in total. The molecule has 2 fully saturated rings. The lowest BCUT2D eigenvalue weighted by Crippen LogP contribution is -2.24. The topological polar surface area (TPSA) is 62.2 Å². The summed E-state index contributed by atoms with van der Waals surface area (Å²) >= 11 is 0. The largest absolute Gasteiger partial charge is 0.477 e. The fourth-order valence-corrected chi connectivity index (χ4v) is 2.33. The monoisotopic (exact) mass is 232 g/mol. The summed E-state index contributed by atoms with van der Waals surface area (Å²) in [5.74, 6) is 0.667. The molecular formula is C13H16N2O2. The Bertz CT molecular complexity index is 410. The van der Waals surface area contributed by atoms with E-state index >= 15 is 0 Å². The van der Waals surface area contributed by atoms with Gasteiger partial charge in [-0.1, -0.05) is 0 Å². The van der Waals surface area contributed by atoms with Crippen molar-refractivity contribution in [3.05, 3.63) is 24.0 Å². The van der Waals surface area contributed by atoms with Gasteiger partial charge in [-0.2, -0.15) is 0 Å². The highest BCUT2D eigenvalue weighted by Crippen LogP contribution is 2.45. The summed E-state index contributed by atoms with van der Waals surface area (Å²) in [6.07, 6.45) is 6.94. The van der Waals surface area contributed by atoms with E-state index in [9.17, 15) is 4.79 Å². The van der Waals surface area contributed by atoms with Crippen molar-refractivity contribution in [3.8, 4) is 0 Å². The molecule has 3 rings (SSSR count). The van der Waals surface area contributed by atoms with Crippen molar-refractivity contribution in [2.24, 2.45) is 11.8 Å². The molecular weight excluding hydrogens is 216 g/mol. The number of nitrogens with one attached hydrogen (secondary N) is 1. The van der Waals surface area contributed by atoms with Crippen molar-refractivity contribution < 1.29 is 9.90 Å². The minimum Gasteiger partial charge on any atom is -0.477 e. The summed E-state index contributed by atoms with van der Waals surface area (Å²) < 4.78 is 0. The van der Waals surface area contributed by atoms with E-state index < -0.39 is 5.97 Å². The Hall–Kier alpha value is -1.58. The van der Waals surface area contributed by atoms with Crippen LogP contribution in [0.1, 0.15) is 36.2 Å². The second kappa shape index (κ2) is 4.02. The first-order valence-electron chi connectivity index (χ1n) is 6.20. The average molecular weight is 232 g/mol. The van der Waals surface area contributed by atoms with E-state index in [4.69, 9.17) is 5.11 Å². The van der Waals surface area contributed by atoms with Gasteiger partial charge < -0.3 is 10.4 Å². The Labute approximate surface area is 100 Å². The van der Waals surface area contributed by atoms with Crippen LogP contribution in [0.25, 0.3) is 0 Å². The first kappa shape index (κ1) is 10.6. The van der Waals surface area contributed by atoms with Crippen LogP contribution in [0, 0.1) is 11.8 Å². The van der Waals surface area contributed by atoms with Gasteiger partial charge in [0.25, 0.3) is 0 Å². The Morgan fingerprint density at radius 1 is 1.29 bits per heavy atom. The van der Waals surface area contributed by atoms with Crippen LogP contribution in [-0.4, -0.2) is 22.1 Å². The third-order valence-corrected chi connectivity index (χ3v) is 3.58. The standard InChI is InChI=1S/C13H16N2O2/c16-13(17)11-6-5-10(7-14-11)15-12(8-1-2-8)9-3-4-9/h5-9,12,15H,1-4H2,(H,16,17). The number of carboxylic acids is 1. The summed E-state index contributed by atoms with van der Waals surface area (Å²) in [7, 11) is 0. The van der Waals surface area contributed by atoms with E-state index in [1.165, 1.54) is 25.7 Å². The second-order valence-electron chi connectivity index (χ2n) is 5.08. The molecule has 0 amide bonds. The van der Waals surface area contributed by atoms with Gasteiger partial charge in [0, 0.05) is 6.04 Å². The molecule has 17 heavy (non-hydrogen) atoms. The number of carboxylic acid groups (broad SMARTS) is 1. The molecule has 0 atom stereocenters. The van der Waals surface area contributed by atoms with Crippen LogP contribution in [0.5, 0.6) is 0 Å². The SMILES string of the molecule is O=C(O)c1ccc(NC(C2CC2)C2CC2)cn1. The van der Waals surface area contributed by atoms with Gasteiger partial charge in [0.1, 0.15) is 5.69 Å². The van der Waals surface area contributed by atoms with Gasteiger partial charge in [0.15, 0.2) is 0 Å². The van der Waals surface area contributed by atoms with E-state index in [1.54, 1.807) is 12.3 Å². The van der Waals surface area contributed by atoms with Crippen LogP contribution in [0.15, 0.2) is 18.3 Å². The van der Waals surface area contributed by atoms with E-state index in [0.29, 0.717) is 6.04 Å². The van der Waals surface area contributed by atoms with E-state index in [0.717, 1.165) is 17.5 Å². The number of aromatic carboxylic acids is 1. The van der Waals surface area contributed by atoms with Crippen molar-refractivity contribution in [3.63, 3.8) is 0 Å². The zero-order valence-electron chi connectivity index (χ0n) is 9.60. The maximum Gasteiger partial charge on any atom is 0.354 e. The van der Waals surface area contributed by atoms with Crippen molar-refractivity contribution in [2.45, 2.75) is 31.7 Å². The molecule has 0 radical (unpaired) electrons. The van der Waals surface area contributed by atoms with E-state index in [2.05, 4.69) is 10.3 Å². The molecule has 2 saturated carbocycles. The molecule has 0 aliphatic heterocycles. The van der Waals surface area contributed by atoms with E-state index in [-0.39, 0.29) is 5.69 Å². The third kappa shape index (κ3) is 2.40. The van der Waals surface area contributed by atoms with E-state index in [1.807, 2.05) is 6.07 Å². The lowest BCUT2D eigenvalue weighted by Gasteiger charge is -2.18. The number of hydrogen-bond acceptors (Lipinski definition) is 3. The molecule has 1 aromatic heterocycles. The van der Waals surface area contributed by atoms with Gasteiger partial charge in [-0.05, 0) is 49.7 Å². The van der Waals surface area contributed by atoms with Gasteiger partial charge in [0.2, 0.25) is 0 Å². The Morgan fingerprint density at radius 3 is 2.35 bits per heavy atom. The fraction of sp³-hybridized carbons (Fsp3) is 0.538. The van der Waals surface area contributed by atoms with Crippen molar-refractivity contribution in [1.82, 2.24) is 4.98 Å². The molecule has 0 spiro atoms. The first-order valence-corrected chi connectivity index (χ1v) is 6.20. The van der Waals surface area contributed by atoms with Crippen LogP contribution in [0.4, 0.5) is 5.69 Å². The zero-order chi connectivity index (χ0) is 11.8. The number of hydrogen-bond donors (Lipinski definition) is 2. The molecule has 0 unspecified atom stereocenters. The number of carbonyl (C=O) groups is 1. The van der Waals surface area contributed by atoms with Gasteiger partial charge in [-0.25, -0.2) is 9.78 Å². The predicted molar refractivity (Wildman–Crippen MR) is 64.1 cm³/mol. The lowest BCUT2D eigenvalue weighted by atomic mass is 10.1. The number of nitrogens with zero attached hydrogens (tertiary/aromatic N) is 1. The Kier molecular flexibility index (Phi) is 2.50. The molecule has 4 heteroatoms. The Balaban J connectivity index is 1.68. The van der Waals surface area contributed by atoms with Gasteiger partial charge in [-0.3, -0.25) is 0 Å².